The van der Waals surface area contributed by atoms with E-state index in [1.807, 2.05) is 12.1 Å². The first-order valence-electron chi connectivity index (χ1n) is 7.84. The molecule has 112 valence electrons. The van der Waals surface area contributed by atoms with Crippen LogP contribution in [0.2, 0.25) is 0 Å². The first-order valence-corrected chi connectivity index (χ1v) is 7.84. The van der Waals surface area contributed by atoms with Gasteiger partial charge in [0.15, 0.2) is 0 Å². The maximum Gasteiger partial charge on any atom is 0.118 e. The fourth-order valence-electron chi connectivity index (χ4n) is 3.23. The van der Waals surface area contributed by atoms with Crippen molar-refractivity contribution in [3.8, 4) is 5.75 Å². The summed E-state index contributed by atoms with van der Waals surface area (Å²) in [5.41, 5.74) is 1.23. The number of rotatable bonds is 5. The Bertz CT molecular complexity index is 396. The molecule has 2 nitrogen and oxygen atoms in total. The van der Waals surface area contributed by atoms with Gasteiger partial charge in [-0.25, -0.2) is 0 Å². The van der Waals surface area contributed by atoms with E-state index in [-0.39, 0.29) is 0 Å². The van der Waals surface area contributed by atoms with Crippen LogP contribution in [-0.4, -0.2) is 13.2 Å². The van der Waals surface area contributed by atoms with Gasteiger partial charge in [0.25, 0.3) is 0 Å². The number of hydrogen-bond acceptors (Lipinski definition) is 2. The molecule has 20 heavy (non-hydrogen) atoms. The second-order valence-corrected chi connectivity index (χ2v) is 6.52. The lowest BCUT2D eigenvalue weighted by atomic mass is 9.75. The molecule has 0 N–H and O–H groups in total. The molecule has 3 atom stereocenters. The third-order valence-corrected chi connectivity index (χ3v) is 4.58. The van der Waals surface area contributed by atoms with Crippen LogP contribution in [0.5, 0.6) is 5.75 Å². The molecule has 1 saturated carbocycles. The van der Waals surface area contributed by atoms with E-state index in [9.17, 15) is 0 Å². The van der Waals surface area contributed by atoms with E-state index in [0.717, 1.165) is 11.7 Å². The van der Waals surface area contributed by atoms with Gasteiger partial charge in [-0.05, 0) is 48.3 Å². The van der Waals surface area contributed by atoms with E-state index in [1.54, 1.807) is 7.11 Å². The predicted molar refractivity (Wildman–Crippen MR) is 82.9 cm³/mol. The van der Waals surface area contributed by atoms with Gasteiger partial charge in [-0.1, -0.05) is 39.3 Å². The van der Waals surface area contributed by atoms with Crippen LogP contribution in [0.1, 0.15) is 45.6 Å². The van der Waals surface area contributed by atoms with Crippen molar-refractivity contribution in [2.75, 3.05) is 7.11 Å². The van der Waals surface area contributed by atoms with Gasteiger partial charge in [0.1, 0.15) is 5.75 Å². The van der Waals surface area contributed by atoms with Crippen LogP contribution in [-0.2, 0) is 11.3 Å². The molecule has 2 rings (SSSR count). The summed E-state index contributed by atoms with van der Waals surface area (Å²) in [4.78, 5) is 0. The molecule has 0 amide bonds. The molecule has 0 aromatic heterocycles. The van der Waals surface area contributed by atoms with Crippen LogP contribution in [0.3, 0.4) is 0 Å². The second kappa shape index (κ2) is 7.12. The fraction of sp³-hybridized carbons (Fsp3) is 0.667. The van der Waals surface area contributed by atoms with Gasteiger partial charge in [0, 0.05) is 0 Å². The normalized spacial score (nSPS) is 26.8. The minimum atomic E-state index is 0.417. The number of ether oxygens (including phenoxy) is 2. The topological polar surface area (TPSA) is 18.5 Å². The SMILES string of the molecule is COc1ccc(CO[C@@H]2C[C@H](C)CC[C@H]2C(C)C)cc1. The maximum atomic E-state index is 6.25. The lowest BCUT2D eigenvalue weighted by Crippen LogP contribution is -2.34. The van der Waals surface area contributed by atoms with E-state index < -0.39 is 0 Å². The Balaban J connectivity index is 1.92. The highest BCUT2D eigenvalue weighted by atomic mass is 16.5. The van der Waals surface area contributed by atoms with Crippen molar-refractivity contribution in [1.29, 1.82) is 0 Å². The molecule has 0 saturated heterocycles. The van der Waals surface area contributed by atoms with Crippen LogP contribution in [0.15, 0.2) is 24.3 Å². The summed E-state index contributed by atoms with van der Waals surface area (Å²) < 4.78 is 11.4. The standard InChI is InChI=1S/C18H28O2/c1-13(2)17-10-5-14(3)11-18(17)20-12-15-6-8-16(19-4)9-7-15/h6-9,13-14,17-18H,5,10-12H2,1-4H3/t14-,17+,18-/m1/s1. The molecule has 1 aromatic carbocycles. The minimum absolute atomic E-state index is 0.417. The van der Waals surface area contributed by atoms with E-state index in [1.165, 1.54) is 24.8 Å². The maximum absolute atomic E-state index is 6.25. The summed E-state index contributed by atoms with van der Waals surface area (Å²) in [5.74, 6) is 3.12. The van der Waals surface area contributed by atoms with E-state index >= 15 is 0 Å². The summed E-state index contributed by atoms with van der Waals surface area (Å²) >= 11 is 0. The number of hydrogen-bond donors (Lipinski definition) is 0. The molecule has 0 aliphatic heterocycles. The van der Waals surface area contributed by atoms with Crippen LogP contribution < -0.4 is 4.74 Å². The molecule has 1 aromatic rings. The zero-order valence-electron chi connectivity index (χ0n) is 13.3. The lowest BCUT2D eigenvalue weighted by Gasteiger charge is -2.37. The molecule has 0 heterocycles. The molecular formula is C18H28O2. The highest BCUT2D eigenvalue weighted by Crippen LogP contribution is 2.35. The molecule has 0 radical (unpaired) electrons. The Morgan fingerprint density at radius 1 is 1.15 bits per heavy atom. The van der Waals surface area contributed by atoms with Crippen LogP contribution in [0, 0.1) is 17.8 Å². The largest absolute Gasteiger partial charge is 0.497 e. The molecule has 1 fully saturated rings. The molecule has 0 bridgehead atoms. The Labute approximate surface area is 123 Å². The fourth-order valence-corrected chi connectivity index (χ4v) is 3.23. The third kappa shape index (κ3) is 3.99. The van der Waals surface area contributed by atoms with E-state index in [2.05, 4.69) is 32.9 Å². The van der Waals surface area contributed by atoms with Gasteiger partial charge >= 0.3 is 0 Å². The van der Waals surface area contributed by atoms with Crippen molar-refractivity contribution in [2.24, 2.45) is 17.8 Å². The molecule has 1 aliphatic carbocycles. The van der Waals surface area contributed by atoms with Crippen LogP contribution >= 0.6 is 0 Å². The Hall–Kier alpha value is -1.02. The first kappa shape index (κ1) is 15.4. The minimum Gasteiger partial charge on any atom is -0.497 e. The molecule has 1 aliphatic rings. The highest BCUT2D eigenvalue weighted by Gasteiger charge is 2.31. The Morgan fingerprint density at radius 3 is 2.45 bits per heavy atom. The lowest BCUT2D eigenvalue weighted by molar-refractivity contribution is -0.0472. The average Bonchev–Trinajstić information content (AvgIpc) is 2.45. The van der Waals surface area contributed by atoms with Gasteiger partial charge < -0.3 is 9.47 Å². The zero-order valence-corrected chi connectivity index (χ0v) is 13.3. The van der Waals surface area contributed by atoms with Gasteiger partial charge in [-0.2, -0.15) is 0 Å². The summed E-state index contributed by atoms with van der Waals surface area (Å²) in [6.07, 6.45) is 4.29. The summed E-state index contributed by atoms with van der Waals surface area (Å²) in [6.45, 7) is 7.71. The average molecular weight is 276 g/mol. The quantitative estimate of drug-likeness (QED) is 0.778. The van der Waals surface area contributed by atoms with Crippen LogP contribution in [0.25, 0.3) is 0 Å². The Kier molecular flexibility index (Phi) is 5.47. The molecular weight excluding hydrogens is 248 g/mol. The van der Waals surface area contributed by atoms with Gasteiger partial charge in [-0.3, -0.25) is 0 Å². The molecule has 0 spiro atoms. The van der Waals surface area contributed by atoms with E-state index in [0.29, 0.717) is 24.5 Å². The van der Waals surface area contributed by atoms with Crippen molar-refractivity contribution in [3.63, 3.8) is 0 Å². The van der Waals surface area contributed by atoms with Gasteiger partial charge in [0.2, 0.25) is 0 Å². The number of methoxy groups -OCH3 is 1. The monoisotopic (exact) mass is 276 g/mol. The predicted octanol–water partition coefficient (Wildman–Crippen LogP) is 4.67. The third-order valence-electron chi connectivity index (χ3n) is 4.58. The highest BCUT2D eigenvalue weighted by molar-refractivity contribution is 5.26. The molecule has 0 unspecified atom stereocenters. The van der Waals surface area contributed by atoms with Crippen LogP contribution in [0.4, 0.5) is 0 Å². The first-order chi connectivity index (χ1) is 9.60. The van der Waals surface area contributed by atoms with Gasteiger partial charge in [-0.15, -0.1) is 0 Å². The number of benzene rings is 1. The van der Waals surface area contributed by atoms with Crippen molar-refractivity contribution >= 4 is 0 Å². The van der Waals surface area contributed by atoms with Crippen molar-refractivity contribution in [2.45, 2.75) is 52.7 Å². The zero-order chi connectivity index (χ0) is 14.5. The smallest absolute Gasteiger partial charge is 0.118 e. The Morgan fingerprint density at radius 2 is 1.85 bits per heavy atom. The van der Waals surface area contributed by atoms with E-state index in [4.69, 9.17) is 9.47 Å². The summed E-state index contributed by atoms with van der Waals surface area (Å²) in [6, 6.07) is 8.19. The van der Waals surface area contributed by atoms with Crippen molar-refractivity contribution in [3.05, 3.63) is 29.8 Å². The summed E-state index contributed by atoms with van der Waals surface area (Å²) in [5, 5.41) is 0. The van der Waals surface area contributed by atoms with Crippen molar-refractivity contribution in [1.82, 2.24) is 0 Å². The molecule has 2 heteroatoms. The van der Waals surface area contributed by atoms with Crippen molar-refractivity contribution < 1.29 is 9.47 Å². The van der Waals surface area contributed by atoms with Gasteiger partial charge in [0.05, 0.1) is 19.8 Å². The summed E-state index contributed by atoms with van der Waals surface area (Å²) in [7, 11) is 1.70. The second-order valence-electron chi connectivity index (χ2n) is 6.52.